The standard InChI is InChI=1S/C15H21NSi.C5H8.Ti/c1-17(2)15-11-14(16-9-5-6-10-16)12-7-3-4-8-13(12)15;1-3-5-4-2;/h3-4,7-8,11,15,17H,5-6,9-10H2,1-2H3;3-5H,1H2,2H3;. The Labute approximate surface area is 158 Å². The summed E-state index contributed by atoms with van der Waals surface area (Å²) in [7, 11) is -0.645. The summed E-state index contributed by atoms with van der Waals surface area (Å²) in [5, 5.41) is 0. The van der Waals surface area contributed by atoms with Crippen molar-refractivity contribution in [1.29, 1.82) is 0 Å². The van der Waals surface area contributed by atoms with Gasteiger partial charge in [0.25, 0.3) is 0 Å². The second-order valence-corrected chi connectivity index (χ2v) is 9.57. The van der Waals surface area contributed by atoms with Gasteiger partial charge in [-0.2, -0.15) is 0 Å². The van der Waals surface area contributed by atoms with Gasteiger partial charge in [-0.3, -0.25) is 0 Å². The fourth-order valence-corrected chi connectivity index (χ4v) is 4.87. The van der Waals surface area contributed by atoms with Crippen LogP contribution in [0.2, 0.25) is 13.1 Å². The topological polar surface area (TPSA) is 3.24 Å². The van der Waals surface area contributed by atoms with E-state index in [-0.39, 0.29) is 21.7 Å². The van der Waals surface area contributed by atoms with Gasteiger partial charge in [0.05, 0.1) is 0 Å². The van der Waals surface area contributed by atoms with Crippen LogP contribution in [0, 0.1) is 0 Å². The van der Waals surface area contributed by atoms with Crippen LogP contribution >= 0.6 is 0 Å². The number of allylic oxidation sites excluding steroid dienone is 4. The smallest absolute Gasteiger partial charge is 0.0437 e. The Kier molecular flexibility index (Phi) is 8.90. The van der Waals surface area contributed by atoms with E-state index in [1.54, 1.807) is 11.6 Å². The van der Waals surface area contributed by atoms with Gasteiger partial charge < -0.3 is 4.90 Å². The van der Waals surface area contributed by atoms with E-state index < -0.39 is 8.80 Å². The Bertz CT molecular complexity index is 557. The van der Waals surface area contributed by atoms with Crippen LogP contribution in [0.4, 0.5) is 0 Å². The predicted octanol–water partition coefficient (Wildman–Crippen LogP) is 4.99. The molecule has 3 rings (SSSR count). The first-order valence-electron chi connectivity index (χ1n) is 8.48. The van der Waals surface area contributed by atoms with E-state index in [4.69, 9.17) is 0 Å². The molecular formula is C20H29NSiTi. The van der Waals surface area contributed by atoms with Crippen molar-refractivity contribution in [2.24, 2.45) is 0 Å². The molecule has 1 aliphatic carbocycles. The normalized spacial score (nSPS) is 19.0. The maximum absolute atomic E-state index is 3.46. The molecule has 0 amide bonds. The van der Waals surface area contributed by atoms with Gasteiger partial charge in [0.15, 0.2) is 0 Å². The van der Waals surface area contributed by atoms with Crippen LogP contribution in [0.5, 0.6) is 0 Å². The molecule has 1 heterocycles. The maximum Gasteiger partial charge on any atom is 0.0437 e. The van der Waals surface area contributed by atoms with Gasteiger partial charge in [0.2, 0.25) is 0 Å². The van der Waals surface area contributed by atoms with Crippen molar-refractivity contribution in [3.8, 4) is 0 Å². The Balaban J connectivity index is 0.000000390. The fraction of sp³-hybridized carbons (Fsp3) is 0.400. The SMILES string of the molecule is C=CC=CC.C[SiH](C)C1C=C(N2CCCC2)c2ccccc21.[Ti]. The average Bonchev–Trinajstić information content (AvgIpc) is 3.16. The number of rotatable bonds is 3. The molecule has 1 unspecified atom stereocenters. The van der Waals surface area contributed by atoms with Crippen molar-refractivity contribution in [2.75, 3.05) is 13.1 Å². The molecule has 1 saturated heterocycles. The van der Waals surface area contributed by atoms with Crippen LogP contribution in [0.3, 0.4) is 0 Å². The van der Waals surface area contributed by atoms with Crippen molar-refractivity contribution >= 4 is 14.5 Å². The Hall–Kier alpha value is -0.829. The molecule has 122 valence electrons. The Morgan fingerprint density at radius 3 is 2.35 bits per heavy atom. The molecule has 0 spiro atoms. The number of hydrogen-bond donors (Lipinski definition) is 0. The van der Waals surface area contributed by atoms with Crippen LogP contribution < -0.4 is 0 Å². The van der Waals surface area contributed by atoms with E-state index in [0.29, 0.717) is 0 Å². The summed E-state index contributed by atoms with van der Waals surface area (Å²) in [4.78, 5) is 2.59. The maximum atomic E-state index is 3.46. The summed E-state index contributed by atoms with van der Waals surface area (Å²) in [5.41, 5.74) is 5.39. The van der Waals surface area contributed by atoms with Crippen molar-refractivity contribution < 1.29 is 21.7 Å². The molecule has 1 atom stereocenters. The van der Waals surface area contributed by atoms with Crippen molar-refractivity contribution in [2.45, 2.75) is 38.4 Å². The van der Waals surface area contributed by atoms with Gasteiger partial charge in [-0.05, 0) is 30.9 Å². The van der Waals surface area contributed by atoms with E-state index in [2.05, 4.69) is 54.9 Å². The number of nitrogens with zero attached hydrogens (tertiary/aromatic N) is 1. The molecule has 23 heavy (non-hydrogen) atoms. The quantitative estimate of drug-likeness (QED) is 0.543. The molecule has 1 nitrogen and oxygen atoms in total. The zero-order valence-corrected chi connectivity index (χ0v) is 17.5. The molecule has 0 saturated carbocycles. The number of likely N-dealkylation sites (tertiary alicyclic amines) is 1. The molecule has 0 radical (unpaired) electrons. The molecule has 0 bridgehead atoms. The third kappa shape index (κ3) is 5.07. The van der Waals surface area contributed by atoms with Crippen molar-refractivity contribution in [1.82, 2.24) is 4.90 Å². The first-order chi connectivity index (χ1) is 10.7. The van der Waals surface area contributed by atoms with Gasteiger partial charge in [-0.1, -0.05) is 68.2 Å². The molecule has 1 fully saturated rings. The van der Waals surface area contributed by atoms with Gasteiger partial charge in [-0.25, -0.2) is 0 Å². The molecule has 3 heteroatoms. The van der Waals surface area contributed by atoms with E-state index >= 15 is 0 Å². The largest absolute Gasteiger partial charge is 0.371 e. The van der Waals surface area contributed by atoms with E-state index in [0.717, 1.165) is 5.54 Å². The molecule has 2 aliphatic rings. The first-order valence-corrected chi connectivity index (χ1v) is 11.5. The second kappa shape index (κ2) is 10.1. The zero-order chi connectivity index (χ0) is 15.9. The Morgan fingerprint density at radius 2 is 1.83 bits per heavy atom. The van der Waals surface area contributed by atoms with Crippen molar-refractivity contribution in [3.63, 3.8) is 0 Å². The summed E-state index contributed by atoms with van der Waals surface area (Å²) in [5.74, 6) is 0. The molecule has 1 aliphatic heterocycles. The third-order valence-corrected chi connectivity index (χ3v) is 6.41. The molecule has 0 N–H and O–H groups in total. The molecule has 1 aromatic rings. The number of hydrogen-bond acceptors (Lipinski definition) is 1. The average molecular weight is 359 g/mol. The molecule has 0 aromatic heterocycles. The van der Waals surface area contributed by atoms with E-state index in [1.807, 2.05) is 19.1 Å². The predicted molar refractivity (Wildman–Crippen MR) is 102 cm³/mol. The van der Waals surface area contributed by atoms with Gasteiger partial charge in [-0.15, -0.1) is 0 Å². The second-order valence-electron chi connectivity index (χ2n) is 6.36. The summed E-state index contributed by atoms with van der Waals surface area (Å²) in [6, 6.07) is 9.04. The number of fused-ring (bicyclic) bond motifs is 1. The van der Waals surface area contributed by atoms with Gasteiger partial charge in [0, 0.05) is 54.9 Å². The summed E-state index contributed by atoms with van der Waals surface area (Å²) in [6.45, 7) is 12.9. The van der Waals surface area contributed by atoms with Crippen LogP contribution in [0.25, 0.3) is 5.70 Å². The Morgan fingerprint density at radius 1 is 1.17 bits per heavy atom. The molecule has 1 aromatic carbocycles. The zero-order valence-electron chi connectivity index (χ0n) is 14.8. The van der Waals surface area contributed by atoms with E-state index in [1.165, 1.54) is 37.2 Å². The number of benzene rings is 1. The van der Waals surface area contributed by atoms with E-state index in [9.17, 15) is 0 Å². The van der Waals surface area contributed by atoms with Gasteiger partial charge in [0.1, 0.15) is 0 Å². The summed E-state index contributed by atoms with van der Waals surface area (Å²) in [6.07, 6.45) is 10.9. The van der Waals surface area contributed by atoms with Crippen molar-refractivity contribution in [3.05, 3.63) is 66.3 Å². The van der Waals surface area contributed by atoms with Crippen LogP contribution in [-0.2, 0) is 21.7 Å². The monoisotopic (exact) mass is 359 g/mol. The van der Waals surface area contributed by atoms with Crippen LogP contribution in [-0.4, -0.2) is 26.8 Å². The van der Waals surface area contributed by atoms with Crippen LogP contribution in [0.1, 0.15) is 36.4 Å². The molecular weight excluding hydrogens is 330 g/mol. The first kappa shape index (κ1) is 20.2. The summed E-state index contributed by atoms with van der Waals surface area (Å²) >= 11 is 0. The minimum atomic E-state index is -0.645. The van der Waals surface area contributed by atoms with Gasteiger partial charge >= 0.3 is 0 Å². The van der Waals surface area contributed by atoms with Crippen LogP contribution in [0.15, 0.2) is 55.1 Å². The minimum Gasteiger partial charge on any atom is -0.371 e. The minimum absolute atomic E-state index is 0. The fourth-order valence-electron chi connectivity index (χ4n) is 3.29. The summed E-state index contributed by atoms with van der Waals surface area (Å²) < 4.78 is 0. The third-order valence-electron chi connectivity index (χ3n) is 4.43.